The van der Waals surface area contributed by atoms with Crippen LogP contribution in [0, 0.1) is 0 Å². The standard InChI is InChI=1S/C12H16N2O9/c1-3-9(16)20-22-11(18)6-13-5-8(15)14-7-12(19)23-21-10(17)4-2/h3-4,8,13-15H,1-2,5-7H2. The normalized spacial score (nSPS) is 10.8. The second kappa shape index (κ2) is 11.9. The Morgan fingerprint density at radius 2 is 1.39 bits per heavy atom. The fourth-order valence-corrected chi connectivity index (χ4v) is 0.886. The molecular formula is C12H16N2O9. The van der Waals surface area contributed by atoms with Crippen molar-refractivity contribution in [2.24, 2.45) is 0 Å². The molecule has 0 saturated heterocycles. The molecule has 11 heteroatoms. The third-order valence-electron chi connectivity index (χ3n) is 1.86. The van der Waals surface area contributed by atoms with Gasteiger partial charge in [-0.05, 0) is 0 Å². The van der Waals surface area contributed by atoms with Crippen LogP contribution in [0.15, 0.2) is 25.3 Å². The van der Waals surface area contributed by atoms with Crippen LogP contribution < -0.4 is 10.6 Å². The Morgan fingerprint density at radius 3 is 1.87 bits per heavy atom. The number of carbonyl (C=O) groups is 4. The molecule has 1 atom stereocenters. The molecule has 0 fully saturated rings. The molecule has 0 aromatic rings. The number of nitrogens with one attached hydrogen (secondary N) is 2. The molecule has 0 saturated carbocycles. The molecule has 0 aliphatic rings. The van der Waals surface area contributed by atoms with E-state index in [9.17, 15) is 24.3 Å². The topological polar surface area (TPSA) is 149 Å². The molecule has 0 aliphatic carbocycles. The molecule has 11 nitrogen and oxygen atoms in total. The number of hydrogen-bond acceptors (Lipinski definition) is 11. The van der Waals surface area contributed by atoms with E-state index in [0.717, 1.165) is 12.2 Å². The maximum Gasteiger partial charge on any atom is 0.378 e. The molecule has 1 unspecified atom stereocenters. The lowest BCUT2D eigenvalue weighted by atomic mass is 10.5. The fourth-order valence-electron chi connectivity index (χ4n) is 0.886. The van der Waals surface area contributed by atoms with Gasteiger partial charge in [-0.3, -0.25) is 5.32 Å². The Hall–Kier alpha value is -2.76. The zero-order valence-corrected chi connectivity index (χ0v) is 12.0. The van der Waals surface area contributed by atoms with Gasteiger partial charge in [0.1, 0.15) is 12.8 Å². The van der Waals surface area contributed by atoms with Crippen molar-refractivity contribution >= 4 is 23.9 Å². The molecule has 0 radical (unpaired) electrons. The van der Waals surface area contributed by atoms with Crippen molar-refractivity contribution in [1.29, 1.82) is 0 Å². The maximum atomic E-state index is 11.1. The molecule has 0 spiro atoms. The fraction of sp³-hybridized carbons (Fsp3) is 0.333. The van der Waals surface area contributed by atoms with Gasteiger partial charge in [-0.15, -0.1) is 0 Å². The molecule has 0 amide bonds. The highest BCUT2D eigenvalue weighted by atomic mass is 17.2. The molecule has 0 aromatic heterocycles. The van der Waals surface area contributed by atoms with Crippen molar-refractivity contribution in [1.82, 2.24) is 10.6 Å². The number of hydrogen-bond donors (Lipinski definition) is 3. The van der Waals surface area contributed by atoms with E-state index in [0.29, 0.717) is 0 Å². The van der Waals surface area contributed by atoms with Gasteiger partial charge in [0.05, 0.1) is 6.54 Å². The molecule has 0 aromatic carbocycles. The van der Waals surface area contributed by atoms with Gasteiger partial charge < -0.3 is 10.4 Å². The summed E-state index contributed by atoms with van der Waals surface area (Å²) in [6.45, 7) is 5.20. The van der Waals surface area contributed by atoms with Gasteiger partial charge in [-0.25, -0.2) is 38.7 Å². The Kier molecular flexibility index (Phi) is 10.4. The number of carbonyl (C=O) groups excluding carboxylic acids is 4. The van der Waals surface area contributed by atoms with E-state index >= 15 is 0 Å². The molecule has 0 bridgehead atoms. The lowest BCUT2D eigenvalue weighted by Crippen LogP contribution is -2.42. The Balaban J connectivity index is 3.72. The molecule has 23 heavy (non-hydrogen) atoms. The smallest absolute Gasteiger partial charge is 0.377 e. The van der Waals surface area contributed by atoms with E-state index in [2.05, 4.69) is 43.3 Å². The van der Waals surface area contributed by atoms with E-state index in [4.69, 9.17) is 0 Å². The highest BCUT2D eigenvalue weighted by Gasteiger charge is 2.12. The molecule has 128 valence electrons. The largest absolute Gasteiger partial charge is 0.378 e. The third kappa shape index (κ3) is 11.6. The van der Waals surface area contributed by atoms with Crippen LogP contribution in [0.5, 0.6) is 0 Å². The SMILES string of the molecule is C=CC(=O)OOC(=O)CNCC(O)NCC(=O)OOC(=O)C=C. The first-order valence-corrected chi connectivity index (χ1v) is 6.08. The minimum Gasteiger partial charge on any atom is -0.377 e. The lowest BCUT2D eigenvalue weighted by Gasteiger charge is -2.12. The van der Waals surface area contributed by atoms with Crippen LogP contribution in [0.2, 0.25) is 0 Å². The minimum absolute atomic E-state index is 0.149. The van der Waals surface area contributed by atoms with E-state index in [1.165, 1.54) is 0 Å². The molecule has 0 aliphatic heterocycles. The van der Waals surface area contributed by atoms with Crippen LogP contribution in [0.25, 0.3) is 0 Å². The number of aliphatic hydroxyl groups excluding tert-OH is 1. The predicted octanol–water partition coefficient (Wildman–Crippen LogP) is -2.14. The monoisotopic (exact) mass is 332 g/mol. The average molecular weight is 332 g/mol. The van der Waals surface area contributed by atoms with Gasteiger partial charge in [-0.2, -0.15) is 0 Å². The second-order valence-electron chi connectivity index (χ2n) is 3.65. The van der Waals surface area contributed by atoms with Crippen LogP contribution >= 0.6 is 0 Å². The highest BCUT2D eigenvalue weighted by molar-refractivity contribution is 5.82. The van der Waals surface area contributed by atoms with Crippen molar-refractivity contribution < 1.29 is 43.8 Å². The lowest BCUT2D eigenvalue weighted by molar-refractivity contribution is -0.254. The van der Waals surface area contributed by atoms with Gasteiger partial charge in [0.2, 0.25) is 0 Å². The first kappa shape index (κ1) is 20.2. The Labute approximate surface area is 130 Å². The molecular weight excluding hydrogens is 316 g/mol. The van der Waals surface area contributed by atoms with E-state index in [1.807, 2.05) is 0 Å². The van der Waals surface area contributed by atoms with Crippen molar-refractivity contribution in [3.05, 3.63) is 25.3 Å². The Bertz CT molecular complexity index is 463. The van der Waals surface area contributed by atoms with Crippen LogP contribution in [-0.2, 0) is 38.7 Å². The van der Waals surface area contributed by atoms with Crippen LogP contribution in [-0.4, -0.2) is 54.8 Å². The van der Waals surface area contributed by atoms with Crippen molar-refractivity contribution in [2.75, 3.05) is 19.6 Å². The summed E-state index contributed by atoms with van der Waals surface area (Å²) in [5.41, 5.74) is 0. The number of aliphatic hydroxyl groups is 1. The number of rotatable bonds is 9. The van der Waals surface area contributed by atoms with Gasteiger partial charge in [-0.1, -0.05) is 13.2 Å². The van der Waals surface area contributed by atoms with Gasteiger partial charge in [0.25, 0.3) is 0 Å². The van der Waals surface area contributed by atoms with E-state index < -0.39 is 36.6 Å². The summed E-state index contributed by atoms with van der Waals surface area (Å²) >= 11 is 0. The zero-order chi connectivity index (χ0) is 17.7. The molecule has 0 rings (SSSR count). The summed E-state index contributed by atoms with van der Waals surface area (Å²) < 4.78 is 0. The van der Waals surface area contributed by atoms with Gasteiger partial charge in [0, 0.05) is 18.7 Å². The van der Waals surface area contributed by atoms with Crippen LogP contribution in [0.1, 0.15) is 0 Å². The zero-order valence-electron chi connectivity index (χ0n) is 12.0. The van der Waals surface area contributed by atoms with Crippen molar-refractivity contribution in [2.45, 2.75) is 6.23 Å². The summed E-state index contributed by atoms with van der Waals surface area (Å²) in [5, 5.41) is 14.2. The minimum atomic E-state index is -1.22. The van der Waals surface area contributed by atoms with Crippen molar-refractivity contribution in [3.63, 3.8) is 0 Å². The first-order chi connectivity index (χ1) is 10.9. The summed E-state index contributed by atoms with van der Waals surface area (Å²) in [7, 11) is 0. The summed E-state index contributed by atoms with van der Waals surface area (Å²) in [6, 6.07) is 0. The summed E-state index contributed by atoms with van der Waals surface area (Å²) in [5.74, 6) is -3.76. The quantitative estimate of drug-likeness (QED) is 0.184. The second-order valence-corrected chi connectivity index (χ2v) is 3.65. The van der Waals surface area contributed by atoms with Crippen LogP contribution in [0.4, 0.5) is 0 Å². The van der Waals surface area contributed by atoms with E-state index in [-0.39, 0.29) is 13.1 Å². The molecule has 3 N–H and O–H groups in total. The predicted molar refractivity (Wildman–Crippen MR) is 71.6 cm³/mol. The maximum absolute atomic E-state index is 11.1. The highest BCUT2D eigenvalue weighted by Crippen LogP contribution is 1.85. The van der Waals surface area contributed by atoms with Gasteiger partial charge >= 0.3 is 23.9 Å². The average Bonchev–Trinajstić information content (AvgIpc) is 2.55. The van der Waals surface area contributed by atoms with Gasteiger partial charge in [0.15, 0.2) is 0 Å². The van der Waals surface area contributed by atoms with Crippen LogP contribution in [0.3, 0.4) is 0 Å². The molecule has 0 heterocycles. The summed E-state index contributed by atoms with van der Waals surface area (Å²) in [6.07, 6.45) is 0.381. The van der Waals surface area contributed by atoms with E-state index in [1.54, 1.807) is 0 Å². The van der Waals surface area contributed by atoms with Crippen molar-refractivity contribution in [3.8, 4) is 0 Å². The third-order valence-corrected chi connectivity index (χ3v) is 1.86. The Morgan fingerprint density at radius 1 is 0.913 bits per heavy atom. The summed E-state index contributed by atoms with van der Waals surface area (Å²) in [4.78, 5) is 59.5. The first-order valence-electron chi connectivity index (χ1n) is 6.08.